The summed E-state index contributed by atoms with van der Waals surface area (Å²) in [5, 5.41) is 7.14. The van der Waals surface area contributed by atoms with Gasteiger partial charge in [0, 0.05) is 18.6 Å². The van der Waals surface area contributed by atoms with Crippen LogP contribution in [0.5, 0.6) is 0 Å². The molecule has 2 N–H and O–H groups in total. The molecule has 0 amide bonds. The van der Waals surface area contributed by atoms with Gasteiger partial charge < -0.3 is 10.6 Å². The van der Waals surface area contributed by atoms with Crippen LogP contribution in [-0.4, -0.2) is 18.6 Å². The highest BCUT2D eigenvalue weighted by molar-refractivity contribution is 5.17. The lowest BCUT2D eigenvalue weighted by Gasteiger charge is -2.26. The van der Waals surface area contributed by atoms with Crippen LogP contribution in [0.15, 0.2) is 18.2 Å². The first-order chi connectivity index (χ1) is 9.74. The molecular formula is C16H22F2N2. The van der Waals surface area contributed by atoms with E-state index in [4.69, 9.17) is 0 Å². The lowest BCUT2D eigenvalue weighted by atomic mass is 9.93. The third-order valence-electron chi connectivity index (χ3n) is 4.74. The molecule has 0 bridgehead atoms. The van der Waals surface area contributed by atoms with Gasteiger partial charge in [-0.3, -0.25) is 0 Å². The van der Waals surface area contributed by atoms with Gasteiger partial charge >= 0.3 is 0 Å². The fourth-order valence-electron chi connectivity index (χ4n) is 3.70. The smallest absolute Gasteiger partial charge is 0.159 e. The quantitative estimate of drug-likeness (QED) is 0.886. The minimum atomic E-state index is -0.775. The Hall–Kier alpha value is -1.00. The SMILES string of the molecule is Fc1ccc(CNC2CCCC2C2CCCN2)cc1F. The fourth-order valence-corrected chi connectivity index (χ4v) is 3.70. The second-order valence-corrected chi connectivity index (χ2v) is 6.03. The van der Waals surface area contributed by atoms with E-state index in [1.165, 1.54) is 44.2 Å². The van der Waals surface area contributed by atoms with Crippen LogP contribution in [0.25, 0.3) is 0 Å². The molecule has 20 heavy (non-hydrogen) atoms. The van der Waals surface area contributed by atoms with Gasteiger partial charge in [0.15, 0.2) is 11.6 Å². The van der Waals surface area contributed by atoms with E-state index in [-0.39, 0.29) is 0 Å². The lowest BCUT2D eigenvalue weighted by Crippen LogP contribution is -2.41. The summed E-state index contributed by atoms with van der Waals surface area (Å²) in [6.07, 6.45) is 6.27. The maximum Gasteiger partial charge on any atom is 0.159 e. The van der Waals surface area contributed by atoms with E-state index >= 15 is 0 Å². The first kappa shape index (κ1) is 14.0. The van der Waals surface area contributed by atoms with Crippen LogP contribution < -0.4 is 10.6 Å². The van der Waals surface area contributed by atoms with Crippen molar-refractivity contribution in [3.63, 3.8) is 0 Å². The third-order valence-corrected chi connectivity index (χ3v) is 4.74. The molecule has 1 saturated carbocycles. The molecule has 2 fully saturated rings. The fraction of sp³-hybridized carbons (Fsp3) is 0.625. The molecule has 3 atom stereocenters. The molecule has 1 aromatic carbocycles. The van der Waals surface area contributed by atoms with Gasteiger partial charge in [-0.2, -0.15) is 0 Å². The van der Waals surface area contributed by atoms with Crippen molar-refractivity contribution >= 4 is 0 Å². The molecular weight excluding hydrogens is 258 g/mol. The molecule has 0 spiro atoms. The zero-order valence-corrected chi connectivity index (χ0v) is 11.7. The van der Waals surface area contributed by atoms with Gasteiger partial charge in [0.1, 0.15) is 0 Å². The van der Waals surface area contributed by atoms with E-state index < -0.39 is 11.6 Å². The molecule has 1 aliphatic carbocycles. The van der Waals surface area contributed by atoms with Crippen LogP contribution in [0.2, 0.25) is 0 Å². The second-order valence-electron chi connectivity index (χ2n) is 6.03. The van der Waals surface area contributed by atoms with E-state index in [1.807, 2.05) is 0 Å². The highest BCUT2D eigenvalue weighted by atomic mass is 19.2. The van der Waals surface area contributed by atoms with Crippen LogP contribution in [0, 0.1) is 17.6 Å². The number of nitrogens with one attached hydrogen (secondary N) is 2. The van der Waals surface area contributed by atoms with Crippen molar-refractivity contribution in [2.45, 2.75) is 50.7 Å². The molecule has 1 heterocycles. The Labute approximate surface area is 118 Å². The normalized spacial score (nSPS) is 30.0. The number of halogens is 2. The molecule has 0 aromatic heterocycles. The minimum Gasteiger partial charge on any atom is -0.314 e. The Morgan fingerprint density at radius 2 is 2.00 bits per heavy atom. The van der Waals surface area contributed by atoms with Gasteiger partial charge in [-0.05, 0) is 55.8 Å². The summed E-state index contributed by atoms with van der Waals surface area (Å²) >= 11 is 0. The van der Waals surface area contributed by atoms with E-state index in [1.54, 1.807) is 6.07 Å². The largest absolute Gasteiger partial charge is 0.314 e. The van der Waals surface area contributed by atoms with Crippen molar-refractivity contribution in [3.05, 3.63) is 35.4 Å². The summed E-state index contributed by atoms with van der Waals surface area (Å²) < 4.78 is 26.1. The average Bonchev–Trinajstić information content (AvgIpc) is 3.09. The van der Waals surface area contributed by atoms with Crippen molar-refractivity contribution in [1.29, 1.82) is 0 Å². The van der Waals surface area contributed by atoms with E-state index in [0.717, 1.165) is 12.1 Å². The van der Waals surface area contributed by atoms with Gasteiger partial charge in [-0.1, -0.05) is 12.5 Å². The Kier molecular flexibility index (Phi) is 4.32. The molecule has 2 aliphatic rings. The number of hydrogen-bond acceptors (Lipinski definition) is 2. The minimum absolute atomic E-state index is 0.499. The van der Waals surface area contributed by atoms with Crippen molar-refractivity contribution in [2.75, 3.05) is 6.54 Å². The molecule has 0 radical (unpaired) electrons. The highest BCUT2D eigenvalue weighted by Crippen LogP contribution is 2.32. The van der Waals surface area contributed by atoms with Gasteiger partial charge in [0.2, 0.25) is 0 Å². The summed E-state index contributed by atoms with van der Waals surface area (Å²) in [7, 11) is 0. The van der Waals surface area contributed by atoms with Crippen LogP contribution in [0.3, 0.4) is 0 Å². The van der Waals surface area contributed by atoms with Gasteiger partial charge in [0.05, 0.1) is 0 Å². The Morgan fingerprint density at radius 3 is 2.75 bits per heavy atom. The zero-order valence-electron chi connectivity index (χ0n) is 11.7. The molecule has 2 nitrogen and oxygen atoms in total. The average molecular weight is 280 g/mol. The molecule has 4 heteroatoms. The molecule has 110 valence electrons. The topological polar surface area (TPSA) is 24.1 Å². The van der Waals surface area contributed by atoms with E-state index in [9.17, 15) is 8.78 Å². The van der Waals surface area contributed by atoms with Crippen molar-refractivity contribution in [3.8, 4) is 0 Å². The van der Waals surface area contributed by atoms with Crippen molar-refractivity contribution < 1.29 is 8.78 Å². The van der Waals surface area contributed by atoms with Crippen LogP contribution in [0.4, 0.5) is 8.78 Å². The summed E-state index contributed by atoms with van der Waals surface area (Å²) in [6.45, 7) is 1.75. The Balaban J connectivity index is 1.57. The molecule has 1 saturated heterocycles. The van der Waals surface area contributed by atoms with Gasteiger partial charge in [-0.15, -0.1) is 0 Å². The number of hydrogen-bond donors (Lipinski definition) is 2. The summed E-state index contributed by atoms with van der Waals surface area (Å²) in [5.41, 5.74) is 0.814. The van der Waals surface area contributed by atoms with Crippen molar-refractivity contribution in [1.82, 2.24) is 10.6 Å². The highest BCUT2D eigenvalue weighted by Gasteiger charge is 2.34. The maximum absolute atomic E-state index is 13.2. The standard InChI is InChI=1S/C16H22F2N2/c17-13-7-6-11(9-14(13)18)10-20-16-4-1-3-12(16)15-5-2-8-19-15/h6-7,9,12,15-16,19-20H,1-5,8,10H2. The zero-order chi connectivity index (χ0) is 13.9. The van der Waals surface area contributed by atoms with Gasteiger partial charge in [-0.25, -0.2) is 8.78 Å². The molecule has 1 aliphatic heterocycles. The van der Waals surface area contributed by atoms with Crippen LogP contribution in [0.1, 0.15) is 37.7 Å². The first-order valence-electron chi connectivity index (χ1n) is 7.65. The van der Waals surface area contributed by atoms with Crippen LogP contribution in [-0.2, 0) is 6.54 Å². The summed E-state index contributed by atoms with van der Waals surface area (Å²) in [4.78, 5) is 0. The third kappa shape index (κ3) is 3.01. The molecule has 3 rings (SSSR count). The van der Waals surface area contributed by atoms with Crippen LogP contribution >= 0.6 is 0 Å². The summed E-state index contributed by atoms with van der Waals surface area (Å²) in [5.74, 6) is -0.852. The Morgan fingerprint density at radius 1 is 1.10 bits per heavy atom. The monoisotopic (exact) mass is 280 g/mol. The van der Waals surface area contributed by atoms with Gasteiger partial charge in [0.25, 0.3) is 0 Å². The molecule has 3 unspecified atom stereocenters. The van der Waals surface area contributed by atoms with Crippen molar-refractivity contribution in [2.24, 2.45) is 5.92 Å². The predicted molar refractivity (Wildman–Crippen MR) is 75.4 cm³/mol. The first-order valence-corrected chi connectivity index (χ1v) is 7.65. The Bertz CT molecular complexity index is 458. The summed E-state index contributed by atoms with van der Waals surface area (Å²) in [6, 6.07) is 5.29. The lowest BCUT2D eigenvalue weighted by molar-refractivity contribution is 0.319. The maximum atomic E-state index is 13.2. The molecule has 1 aromatic rings. The number of rotatable bonds is 4. The number of benzene rings is 1. The second kappa shape index (κ2) is 6.19. The predicted octanol–water partition coefficient (Wildman–Crippen LogP) is 2.98. The van der Waals surface area contributed by atoms with E-state index in [0.29, 0.717) is 24.5 Å². The van der Waals surface area contributed by atoms with E-state index in [2.05, 4.69) is 10.6 Å².